The second-order valence-corrected chi connectivity index (χ2v) is 5.98. The molecule has 0 bridgehead atoms. The normalized spacial score (nSPS) is 20.5. The lowest BCUT2D eigenvalue weighted by molar-refractivity contribution is -0.122. The van der Waals surface area contributed by atoms with E-state index in [4.69, 9.17) is 11.6 Å². The zero-order valence-electron chi connectivity index (χ0n) is 12.3. The molecule has 0 aromatic heterocycles. The van der Waals surface area contributed by atoms with Crippen LogP contribution in [0.2, 0.25) is 5.02 Å². The molecule has 0 aliphatic heterocycles. The average Bonchev–Trinajstić information content (AvgIpc) is 3.34. The lowest BCUT2D eigenvalue weighted by Crippen LogP contribution is -2.21. The van der Waals surface area contributed by atoms with E-state index in [-0.39, 0.29) is 11.8 Å². The minimum absolute atomic E-state index is 0.0119. The number of hydrogen-bond acceptors (Lipinski definition) is 2. The molecule has 0 saturated heterocycles. The highest BCUT2D eigenvalue weighted by Gasteiger charge is 2.43. The smallest absolute Gasteiger partial charge is 0.243 e. The first-order chi connectivity index (χ1) is 10.6. The molecule has 3 nitrogen and oxygen atoms in total. The number of amides is 1. The quantitative estimate of drug-likeness (QED) is 0.673. The maximum atomic E-state index is 12.1. The molecule has 2 unspecified atom stereocenters. The summed E-state index contributed by atoms with van der Waals surface area (Å²) >= 11 is 5.86. The van der Waals surface area contributed by atoms with Gasteiger partial charge in [0, 0.05) is 10.9 Å². The zero-order valence-corrected chi connectivity index (χ0v) is 13.0. The summed E-state index contributed by atoms with van der Waals surface area (Å²) < 4.78 is 0. The third-order valence-corrected chi connectivity index (χ3v) is 4.20. The highest BCUT2D eigenvalue weighted by Crippen LogP contribution is 2.47. The van der Waals surface area contributed by atoms with E-state index in [2.05, 4.69) is 22.7 Å². The van der Waals surface area contributed by atoms with Crippen molar-refractivity contribution < 1.29 is 4.79 Å². The number of nitrogens with one attached hydrogen (secondary N) is 1. The highest BCUT2D eigenvalue weighted by molar-refractivity contribution is 6.30. The number of rotatable bonds is 4. The first-order valence-electron chi connectivity index (χ1n) is 7.30. The second kappa shape index (κ2) is 6.32. The number of nitrogens with zero attached hydrogens (tertiary/aromatic N) is 1. The Balaban J connectivity index is 1.59. The SMILES string of the molecule is C/C(=N/NC(=O)C1CC1c1ccccc1)c1ccc(Cl)cc1. The molecule has 0 radical (unpaired) electrons. The van der Waals surface area contributed by atoms with E-state index in [9.17, 15) is 4.79 Å². The van der Waals surface area contributed by atoms with Crippen molar-refractivity contribution in [1.29, 1.82) is 0 Å². The van der Waals surface area contributed by atoms with Gasteiger partial charge in [-0.05, 0) is 42.5 Å². The Labute approximate surface area is 135 Å². The number of halogens is 1. The molecule has 4 heteroatoms. The summed E-state index contributed by atoms with van der Waals surface area (Å²) in [6.45, 7) is 1.87. The van der Waals surface area contributed by atoms with Gasteiger partial charge in [0.1, 0.15) is 0 Å². The summed E-state index contributed by atoms with van der Waals surface area (Å²) in [4.78, 5) is 12.1. The Kier molecular flexibility index (Phi) is 4.25. The summed E-state index contributed by atoms with van der Waals surface area (Å²) in [5, 5.41) is 4.87. The van der Waals surface area contributed by atoms with E-state index in [1.165, 1.54) is 5.56 Å². The topological polar surface area (TPSA) is 41.5 Å². The Bertz CT molecular complexity index is 695. The van der Waals surface area contributed by atoms with Crippen LogP contribution in [-0.2, 0) is 4.79 Å². The van der Waals surface area contributed by atoms with E-state index in [0.29, 0.717) is 10.9 Å². The van der Waals surface area contributed by atoms with Crippen LogP contribution in [0, 0.1) is 5.92 Å². The first-order valence-corrected chi connectivity index (χ1v) is 7.68. The van der Waals surface area contributed by atoms with Crippen LogP contribution in [0.25, 0.3) is 0 Å². The molecular formula is C18H17ClN2O. The summed E-state index contributed by atoms with van der Waals surface area (Å²) in [5.74, 6) is 0.346. The maximum absolute atomic E-state index is 12.1. The van der Waals surface area contributed by atoms with Gasteiger partial charge in [-0.2, -0.15) is 5.10 Å². The molecule has 22 heavy (non-hydrogen) atoms. The van der Waals surface area contributed by atoms with Crippen LogP contribution >= 0.6 is 11.6 Å². The van der Waals surface area contributed by atoms with Crippen LogP contribution in [0.3, 0.4) is 0 Å². The van der Waals surface area contributed by atoms with Gasteiger partial charge >= 0.3 is 0 Å². The molecule has 1 aliphatic rings. The van der Waals surface area contributed by atoms with E-state index in [1.807, 2.05) is 49.4 Å². The number of hydrazone groups is 1. The molecule has 2 aromatic carbocycles. The van der Waals surface area contributed by atoms with Crippen LogP contribution in [0.1, 0.15) is 30.4 Å². The van der Waals surface area contributed by atoms with Crippen molar-refractivity contribution in [2.75, 3.05) is 0 Å². The van der Waals surface area contributed by atoms with Gasteiger partial charge in [-0.1, -0.05) is 54.1 Å². The van der Waals surface area contributed by atoms with Gasteiger partial charge in [0.25, 0.3) is 0 Å². The van der Waals surface area contributed by atoms with Crippen LogP contribution in [0.4, 0.5) is 0 Å². The molecule has 1 fully saturated rings. The largest absolute Gasteiger partial charge is 0.273 e. The number of hydrogen-bond donors (Lipinski definition) is 1. The molecular weight excluding hydrogens is 296 g/mol. The Morgan fingerprint density at radius 2 is 1.82 bits per heavy atom. The summed E-state index contributed by atoms with van der Waals surface area (Å²) in [7, 11) is 0. The fourth-order valence-corrected chi connectivity index (χ4v) is 2.66. The molecule has 1 aliphatic carbocycles. The van der Waals surface area contributed by atoms with Crippen molar-refractivity contribution in [1.82, 2.24) is 5.43 Å². The maximum Gasteiger partial charge on any atom is 0.243 e. The fourth-order valence-electron chi connectivity index (χ4n) is 2.53. The predicted molar refractivity (Wildman–Crippen MR) is 89.1 cm³/mol. The van der Waals surface area contributed by atoms with Crippen molar-refractivity contribution in [3.05, 3.63) is 70.7 Å². The molecule has 3 rings (SSSR count). The Morgan fingerprint density at radius 1 is 1.14 bits per heavy atom. The molecule has 1 saturated carbocycles. The molecule has 1 N–H and O–H groups in total. The third-order valence-electron chi connectivity index (χ3n) is 3.95. The average molecular weight is 313 g/mol. The lowest BCUT2D eigenvalue weighted by Gasteiger charge is -2.03. The van der Waals surface area contributed by atoms with E-state index in [1.54, 1.807) is 0 Å². The van der Waals surface area contributed by atoms with Gasteiger partial charge in [-0.25, -0.2) is 5.43 Å². The second-order valence-electron chi connectivity index (χ2n) is 5.54. The van der Waals surface area contributed by atoms with Crippen LogP contribution in [-0.4, -0.2) is 11.6 Å². The molecule has 112 valence electrons. The number of carbonyl (C=O) groups is 1. The zero-order chi connectivity index (χ0) is 15.5. The molecule has 1 amide bonds. The summed E-state index contributed by atoms with van der Waals surface area (Å²) in [6, 6.07) is 17.5. The van der Waals surface area contributed by atoms with Gasteiger partial charge < -0.3 is 0 Å². The van der Waals surface area contributed by atoms with Crippen molar-refractivity contribution in [2.45, 2.75) is 19.3 Å². The van der Waals surface area contributed by atoms with Crippen molar-refractivity contribution in [2.24, 2.45) is 11.0 Å². The fraction of sp³-hybridized carbons (Fsp3) is 0.222. The standard InChI is InChI=1S/C18H17ClN2O/c1-12(13-7-9-15(19)10-8-13)20-21-18(22)17-11-16(17)14-5-3-2-4-6-14/h2-10,16-17H,11H2,1H3,(H,21,22)/b20-12-. The van der Waals surface area contributed by atoms with Crippen molar-refractivity contribution in [3.63, 3.8) is 0 Å². The van der Waals surface area contributed by atoms with Gasteiger partial charge in [-0.3, -0.25) is 4.79 Å². The van der Waals surface area contributed by atoms with E-state index >= 15 is 0 Å². The monoisotopic (exact) mass is 312 g/mol. The van der Waals surface area contributed by atoms with E-state index in [0.717, 1.165) is 17.7 Å². The molecule has 0 spiro atoms. The van der Waals surface area contributed by atoms with Crippen molar-refractivity contribution >= 4 is 23.2 Å². The summed E-state index contributed by atoms with van der Waals surface area (Å²) in [5.41, 5.74) is 5.61. The van der Waals surface area contributed by atoms with Crippen LogP contribution in [0.5, 0.6) is 0 Å². The van der Waals surface area contributed by atoms with Gasteiger partial charge in [0.15, 0.2) is 0 Å². The molecule has 2 atom stereocenters. The lowest BCUT2D eigenvalue weighted by atomic mass is 10.1. The summed E-state index contributed by atoms with van der Waals surface area (Å²) in [6.07, 6.45) is 0.894. The van der Waals surface area contributed by atoms with Gasteiger partial charge in [-0.15, -0.1) is 0 Å². The third kappa shape index (κ3) is 3.37. The number of benzene rings is 2. The van der Waals surface area contributed by atoms with E-state index < -0.39 is 0 Å². The predicted octanol–water partition coefficient (Wildman–Crippen LogP) is 3.98. The number of carbonyl (C=O) groups excluding carboxylic acids is 1. The highest BCUT2D eigenvalue weighted by atomic mass is 35.5. The van der Waals surface area contributed by atoms with Gasteiger partial charge in [0.2, 0.25) is 5.91 Å². The van der Waals surface area contributed by atoms with Gasteiger partial charge in [0.05, 0.1) is 5.71 Å². The first kappa shape index (κ1) is 14.8. The molecule has 0 heterocycles. The van der Waals surface area contributed by atoms with Crippen LogP contribution in [0.15, 0.2) is 59.7 Å². The Hall–Kier alpha value is -2.13. The van der Waals surface area contributed by atoms with Crippen LogP contribution < -0.4 is 5.43 Å². The molecule has 2 aromatic rings. The minimum Gasteiger partial charge on any atom is -0.273 e. The minimum atomic E-state index is -0.0119. The Morgan fingerprint density at radius 3 is 2.50 bits per heavy atom. The van der Waals surface area contributed by atoms with Crippen molar-refractivity contribution in [3.8, 4) is 0 Å².